The Balaban J connectivity index is 0.00000280. The number of nitrogens with zero attached hydrogens (tertiary/aromatic N) is 4. The molecule has 2 aliphatic rings. The topological polar surface area (TPSA) is 66.7 Å². The van der Waals surface area contributed by atoms with Crippen LogP contribution in [0.15, 0.2) is 11.1 Å². The molecule has 1 aromatic rings. The number of aryl methyl sites for hydroxylation is 3. The lowest BCUT2D eigenvalue weighted by Crippen LogP contribution is -2.60. The third-order valence-electron chi connectivity index (χ3n) is 5.52. The minimum atomic E-state index is 0. The van der Waals surface area contributed by atoms with Crippen molar-refractivity contribution in [3.63, 3.8) is 0 Å². The maximum atomic E-state index is 5.55. The van der Waals surface area contributed by atoms with Crippen molar-refractivity contribution in [3.8, 4) is 0 Å². The Morgan fingerprint density at radius 3 is 2.71 bits per heavy atom. The van der Waals surface area contributed by atoms with Crippen molar-refractivity contribution >= 4 is 41.7 Å². The number of aromatic nitrogens is 2. The van der Waals surface area contributed by atoms with Crippen molar-refractivity contribution in [1.82, 2.24) is 25.3 Å². The molecule has 0 saturated carbocycles. The number of guanidine groups is 1. The summed E-state index contributed by atoms with van der Waals surface area (Å²) in [4.78, 5) is 7.04. The quantitative estimate of drug-likeness (QED) is 0.247. The van der Waals surface area contributed by atoms with Crippen LogP contribution in [0.4, 0.5) is 0 Å². The van der Waals surface area contributed by atoms with Crippen molar-refractivity contribution in [2.45, 2.75) is 38.8 Å². The van der Waals surface area contributed by atoms with E-state index in [1.165, 1.54) is 23.6 Å². The Labute approximate surface area is 190 Å². The van der Waals surface area contributed by atoms with Crippen LogP contribution in [0.5, 0.6) is 0 Å². The average molecular weight is 523 g/mol. The minimum Gasteiger partial charge on any atom is -0.379 e. The molecule has 9 heteroatoms. The smallest absolute Gasteiger partial charge is 0.191 e. The van der Waals surface area contributed by atoms with E-state index in [1.54, 1.807) is 0 Å². The molecular formula is C19H35IN6OS. The van der Waals surface area contributed by atoms with E-state index in [9.17, 15) is 0 Å². The van der Waals surface area contributed by atoms with Crippen LogP contribution in [-0.4, -0.2) is 84.1 Å². The van der Waals surface area contributed by atoms with Gasteiger partial charge in [-0.25, -0.2) is 0 Å². The normalized spacial score (nSPS) is 23.5. The van der Waals surface area contributed by atoms with E-state index < -0.39 is 0 Å². The van der Waals surface area contributed by atoms with Crippen LogP contribution in [0.3, 0.4) is 0 Å². The molecule has 2 fully saturated rings. The van der Waals surface area contributed by atoms with Gasteiger partial charge in [0.05, 0.1) is 18.9 Å². The van der Waals surface area contributed by atoms with E-state index in [2.05, 4.69) is 55.1 Å². The highest BCUT2D eigenvalue weighted by Gasteiger charge is 2.40. The van der Waals surface area contributed by atoms with E-state index in [0.717, 1.165) is 64.0 Å². The van der Waals surface area contributed by atoms with Gasteiger partial charge in [-0.3, -0.25) is 14.6 Å². The number of aliphatic imine (C=N–C) groups is 1. The fourth-order valence-electron chi connectivity index (χ4n) is 3.94. The van der Waals surface area contributed by atoms with Crippen molar-refractivity contribution in [1.29, 1.82) is 0 Å². The van der Waals surface area contributed by atoms with Gasteiger partial charge in [-0.1, -0.05) is 0 Å². The summed E-state index contributed by atoms with van der Waals surface area (Å²) in [5.41, 5.74) is 2.54. The first kappa shape index (κ1) is 23.8. The second-order valence-electron chi connectivity index (χ2n) is 7.48. The van der Waals surface area contributed by atoms with E-state index in [1.807, 2.05) is 14.0 Å². The Hall–Kier alpha value is -0.520. The van der Waals surface area contributed by atoms with Crippen LogP contribution in [0.1, 0.15) is 24.2 Å². The van der Waals surface area contributed by atoms with E-state index in [0.29, 0.717) is 0 Å². The van der Waals surface area contributed by atoms with Gasteiger partial charge < -0.3 is 15.4 Å². The van der Waals surface area contributed by atoms with Gasteiger partial charge in [0.1, 0.15) is 0 Å². The van der Waals surface area contributed by atoms with Crippen molar-refractivity contribution in [2.75, 3.05) is 57.9 Å². The van der Waals surface area contributed by atoms with Gasteiger partial charge in [0.15, 0.2) is 5.96 Å². The molecule has 3 heterocycles. The molecule has 160 valence electrons. The molecule has 28 heavy (non-hydrogen) atoms. The number of ether oxygens (including phenoxy) is 1. The number of hydrogen-bond acceptors (Lipinski definition) is 5. The highest BCUT2D eigenvalue weighted by atomic mass is 127. The zero-order chi connectivity index (χ0) is 19.1. The molecular weight excluding hydrogens is 487 g/mol. The Morgan fingerprint density at radius 1 is 1.32 bits per heavy atom. The number of morpholine rings is 1. The van der Waals surface area contributed by atoms with Gasteiger partial charge in [-0.15, -0.1) is 24.0 Å². The average Bonchev–Trinajstić information content (AvgIpc) is 3.29. The predicted octanol–water partition coefficient (Wildman–Crippen LogP) is 1.88. The van der Waals surface area contributed by atoms with Gasteiger partial charge in [0.25, 0.3) is 0 Å². The lowest BCUT2D eigenvalue weighted by atomic mass is 9.95. The summed E-state index contributed by atoms with van der Waals surface area (Å²) in [7, 11) is 1.85. The van der Waals surface area contributed by atoms with Gasteiger partial charge in [0.2, 0.25) is 0 Å². The Bertz CT molecular complexity index is 626. The summed E-state index contributed by atoms with van der Waals surface area (Å²) in [5.74, 6) is 3.33. The maximum Gasteiger partial charge on any atom is 0.191 e. The first-order valence-electron chi connectivity index (χ1n) is 9.99. The molecule has 0 aromatic carbocycles. The summed E-state index contributed by atoms with van der Waals surface area (Å²) >= 11 is 2.06. The van der Waals surface area contributed by atoms with Gasteiger partial charge in [-0.05, 0) is 38.5 Å². The number of halogens is 1. The Morgan fingerprint density at radius 2 is 2.11 bits per heavy atom. The molecule has 1 atom stereocenters. The molecule has 3 rings (SSSR count). The molecule has 1 unspecified atom stereocenters. The Kier molecular flexibility index (Phi) is 9.85. The van der Waals surface area contributed by atoms with Crippen molar-refractivity contribution in [2.24, 2.45) is 4.99 Å². The first-order valence-corrected chi connectivity index (χ1v) is 11.1. The third kappa shape index (κ3) is 6.24. The molecule has 0 amide bonds. The SMILES string of the molecule is CN=C(NCCCn1nc(C)cc1C)NCC1(N2CCOCC2)CCSC1.I. The van der Waals surface area contributed by atoms with E-state index in [-0.39, 0.29) is 29.5 Å². The molecule has 0 radical (unpaired) electrons. The number of thioether (sulfide) groups is 1. The molecule has 2 N–H and O–H groups in total. The highest BCUT2D eigenvalue weighted by molar-refractivity contribution is 14.0. The third-order valence-corrected chi connectivity index (χ3v) is 6.75. The van der Waals surface area contributed by atoms with Crippen LogP contribution < -0.4 is 10.6 Å². The van der Waals surface area contributed by atoms with E-state index in [4.69, 9.17) is 4.74 Å². The van der Waals surface area contributed by atoms with Crippen molar-refractivity contribution in [3.05, 3.63) is 17.5 Å². The molecule has 7 nitrogen and oxygen atoms in total. The molecule has 0 bridgehead atoms. The fourth-order valence-corrected chi connectivity index (χ4v) is 5.42. The number of nitrogens with one attached hydrogen (secondary N) is 2. The molecule has 1 aromatic heterocycles. The highest BCUT2D eigenvalue weighted by Crippen LogP contribution is 2.33. The first-order chi connectivity index (χ1) is 13.1. The lowest BCUT2D eigenvalue weighted by molar-refractivity contribution is -0.0120. The van der Waals surface area contributed by atoms with E-state index >= 15 is 0 Å². The van der Waals surface area contributed by atoms with Crippen LogP contribution in [0.25, 0.3) is 0 Å². The van der Waals surface area contributed by atoms with Crippen molar-refractivity contribution < 1.29 is 4.74 Å². The lowest BCUT2D eigenvalue weighted by Gasteiger charge is -2.43. The fraction of sp³-hybridized carbons (Fsp3) is 0.789. The monoisotopic (exact) mass is 522 g/mol. The van der Waals surface area contributed by atoms with Gasteiger partial charge >= 0.3 is 0 Å². The number of rotatable bonds is 7. The standard InChI is InChI=1S/C19H34N6OS.HI/c1-16-13-17(2)25(23-16)7-4-6-21-18(20-3)22-14-19(5-12-27-15-19)24-8-10-26-11-9-24;/h13H,4-12,14-15H2,1-3H3,(H2,20,21,22);1H. The molecule has 2 aliphatic heterocycles. The second-order valence-corrected chi connectivity index (χ2v) is 8.59. The van der Waals surface area contributed by atoms with Gasteiger partial charge in [-0.2, -0.15) is 16.9 Å². The van der Waals surface area contributed by atoms with Crippen LogP contribution in [0.2, 0.25) is 0 Å². The predicted molar refractivity (Wildman–Crippen MR) is 128 cm³/mol. The second kappa shape index (κ2) is 11.6. The summed E-state index contributed by atoms with van der Waals surface area (Å²) in [6.07, 6.45) is 2.26. The molecule has 0 spiro atoms. The number of hydrogen-bond donors (Lipinski definition) is 2. The molecule has 0 aliphatic carbocycles. The maximum absolute atomic E-state index is 5.55. The largest absolute Gasteiger partial charge is 0.379 e. The zero-order valence-corrected chi connectivity index (χ0v) is 20.5. The van der Waals surface area contributed by atoms with Crippen LogP contribution >= 0.6 is 35.7 Å². The zero-order valence-electron chi connectivity index (χ0n) is 17.4. The molecule has 2 saturated heterocycles. The summed E-state index contributed by atoms with van der Waals surface area (Å²) in [6.45, 7) is 10.7. The van der Waals surface area contributed by atoms with Crippen LogP contribution in [0, 0.1) is 13.8 Å². The summed E-state index contributed by atoms with van der Waals surface area (Å²) in [6, 6.07) is 2.12. The van der Waals surface area contributed by atoms with Gasteiger partial charge in [0, 0.05) is 56.8 Å². The van der Waals surface area contributed by atoms with Crippen LogP contribution in [-0.2, 0) is 11.3 Å². The minimum absolute atomic E-state index is 0. The summed E-state index contributed by atoms with van der Waals surface area (Å²) in [5, 5.41) is 11.6. The summed E-state index contributed by atoms with van der Waals surface area (Å²) < 4.78 is 7.63.